The maximum absolute atomic E-state index is 5.20. The molecule has 1 N–H and O–H groups in total. The SMILES string of the molecule is CCC1(NCC(C)OC)CCC1. The van der Waals surface area contributed by atoms with Crippen molar-refractivity contribution < 1.29 is 4.74 Å². The van der Waals surface area contributed by atoms with Crippen molar-refractivity contribution >= 4 is 0 Å². The highest BCUT2D eigenvalue weighted by Crippen LogP contribution is 2.34. The number of hydrogen-bond donors (Lipinski definition) is 1. The van der Waals surface area contributed by atoms with Gasteiger partial charge in [0.25, 0.3) is 0 Å². The molecular weight excluding hydrogens is 150 g/mol. The summed E-state index contributed by atoms with van der Waals surface area (Å²) in [5.41, 5.74) is 0.465. The summed E-state index contributed by atoms with van der Waals surface area (Å²) in [5, 5.41) is 3.61. The number of methoxy groups -OCH3 is 1. The Hall–Kier alpha value is -0.0800. The maximum Gasteiger partial charge on any atom is 0.0667 e. The molecule has 0 aromatic carbocycles. The van der Waals surface area contributed by atoms with Gasteiger partial charge in [0.15, 0.2) is 0 Å². The normalized spacial score (nSPS) is 23.2. The Kier molecular flexibility index (Phi) is 3.53. The van der Waals surface area contributed by atoms with Gasteiger partial charge in [-0.1, -0.05) is 6.92 Å². The van der Waals surface area contributed by atoms with E-state index in [-0.39, 0.29) is 0 Å². The van der Waals surface area contributed by atoms with E-state index in [1.165, 1.54) is 25.7 Å². The summed E-state index contributed by atoms with van der Waals surface area (Å²) in [4.78, 5) is 0. The lowest BCUT2D eigenvalue weighted by molar-refractivity contribution is 0.0891. The lowest BCUT2D eigenvalue weighted by atomic mass is 9.75. The molecule has 0 aromatic heterocycles. The van der Waals surface area contributed by atoms with Crippen LogP contribution in [0.2, 0.25) is 0 Å². The van der Waals surface area contributed by atoms with Crippen LogP contribution in [-0.2, 0) is 4.74 Å². The van der Waals surface area contributed by atoms with E-state index in [1.807, 2.05) is 0 Å². The van der Waals surface area contributed by atoms with Gasteiger partial charge in [-0.15, -0.1) is 0 Å². The fourth-order valence-corrected chi connectivity index (χ4v) is 1.70. The minimum absolute atomic E-state index is 0.342. The van der Waals surface area contributed by atoms with Gasteiger partial charge in [-0.25, -0.2) is 0 Å². The third-order valence-electron chi connectivity index (χ3n) is 3.15. The minimum Gasteiger partial charge on any atom is -0.380 e. The van der Waals surface area contributed by atoms with Gasteiger partial charge in [-0.3, -0.25) is 0 Å². The van der Waals surface area contributed by atoms with Gasteiger partial charge in [-0.2, -0.15) is 0 Å². The van der Waals surface area contributed by atoms with Crippen LogP contribution in [0.1, 0.15) is 39.5 Å². The topological polar surface area (TPSA) is 21.3 Å². The van der Waals surface area contributed by atoms with Crippen molar-refractivity contribution in [2.24, 2.45) is 0 Å². The first kappa shape index (κ1) is 10.0. The Morgan fingerprint density at radius 3 is 2.50 bits per heavy atom. The summed E-state index contributed by atoms with van der Waals surface area (Å²) in [6, 6.07) is 0. The highest BCUT2D eigenvalue weighted by molar-refractivity contribution is 4.94. The molecule has 72 valence electrons. The van der Waals surface area contributed by atoms with Crippen molar-refractivity contribution in [2.75, 3.05) is 13.7 Å². The summed E-state index contributed by atoms with van der Waals surface area (Å²) < 4.78 is 5.20. The molecule has 2 heteroatoms. The molecule has 1 atom stereocenters. The summed E-state index contributed by atoms with van der Waals surface area (Å²) in [6.07, 6.45) is 5.68. The number of ether oxygens (including phenoxy) is 1. The minimum atomic E-state index is 0.342. The van der Waals surface area contributed by atoms with Crippen LogP contribution in [0, 0.1) is 0 Å². The molecule has 2 nitrogen and oxygen atoms in total. The zero-order valence-corrected chi connectivity index (χ0v) is 8.52. The molecule has 0 radical (unpaired) electrons. The maximum atomic E-state index is 5.20. The van der Waals surface area contributed by atoms with Crippen molar-refractivity contribution in [2.45, 2.75) is 51.2 Å². The van der Waals surface area contributed by atoms with Gasteiger partial charge in [0.1, 0.15) is 0 Å². The zero-order valence-electron chi connectivity index (χ0n) is 8.52. The molecule has 1 saturated carbocycles. The van der Waals surface area contributed by atoms with E-state index in [2.05, 4.69) is 19.2 Å². The molecule has 1 fully saturated rings. The average Bonchev–Trinajstić information content (AvgIpc) is 2.03. The van der Waals surface area contributed by atoms with E-state index in [0.29, 0.717) is 11.6 Å². The smallest absolute Gasteiger partial charge is 0.0667 e. The van der Waals surface area contributed by atoms with E-state index in [4.69, 9.17) is 4.74 Å². The largest absolute Gasteiger partial charge is 0.380 e. The molecule has 1 rings (SSSR count). The highest BCUT2D eigenvalue weighted by Gasteiger charge is 2.34. The van der Waals surface area contributed by atoms with Crippen molar-refractivity contribution in [3.63, 3.8) is 0 Å². The van der Waals surface area contributed by atoms with Crippen molar-refractivity contribution in [3.8, 4) is 0 Å². The Balaban J connectivity index is 2.20. The molecule has 1 aliphatic rings. The van der Waals surface area contributed by atoms with Gasteiger partial charge in [0, 0.05) is 19.2 Å². The van der Waals surface area contributed by atoms with Crippen molar-refractivity contribution in [3.05, 3.63) is 0 Å². The Bertz CT molecular complexity index is 126. The average molecular weight is 171 g/mol. The molecule has 0 bridgehead atoms. The third-order valence-corrected chi connectivity index (χ3v) is 3.15. The second-order valence-electron chi connectivity index (χ2n) is 3.91. The molecule has 0 amide bonds. The summed E-state index contributed by atoms with van der Waals surface area (Å²) in [6.45, 7) is 5.36. The first-order valence-corrected chi connectivity index (χ1v) is 5.00. The number of rotatable bonds is 5. The molecule has 0 aliphatic heterocycles. The first-order valence-electron chi connectivity index (χ1n) is 5.00. The van der Waals surface area contributed by atoms with Crippen LogP contribution in [0.25, 0.3) is 0 Å². The summed E-state index contributed by atoms with van der Waals surface area (Å²) in [7, 11) is 1.77. The van der Waals surface area contributed by atoms with Crippen LogP contribution >= 0.6 is 0 Å². The lowest BCUT2D eigenvalue weighted by Gasteiger charge is -2.42. The second-order valence-corrected chi connectivity index (χ2v) is 3.91. The van der Waals surface area contributed by atoms with Gasteiger partial charge in [-0.05, 0) is 32.6 Å². The van der Waals surface area contributed by atoms with Crippen molar-refractivity contribution in [1.82, 2.24) is 5.32 Å². The van der Waals surface area contributed by atoms with E-state index in [0.717, 1.165) is 6.54 Å². The van der Waals surface area contributed by atoms with E-state index in [1.54, 1.807) is 7.11 Å². The van der Waals surface area contributed by atoms with E-state index in [9.17, 15) is 0 Å². The first-order chi connectivity index (χ1) is 5.72. The molecule has 12 heavy (non-hydrogen) atoms. The highest BCUT2D eigenvalue weighted by atomic mass is 16.5. The van der Waals surface area contributed by atoms with Crippen molar-refractivity contribution in [1.29, 1.82) is 0 Å². The second kappa shape index (κ2) is 4.24. The van der Waals surface area contributed by atoms with Crippen LogP contribution in [0.3, 0.4) is 0 Å². The van der Waals surface area contributed by atoms with Crippen LogP contribution in [0.15, 0.2) is 0 Å². The fourth-order valence-electron chi connectivity index (χ4n) is 1.70. The number of hydrogen-bond acceptors (Lipinski definition) is 2. The monoisotopic (exact) mass is 171 g/mol. The predicted molar refractivity (Wildman–Crippen MR) is 51.3 cm³/mol. The van der Waals surface area contributed by atoms with Gasteiger partial charge < -0.3 is 10.1 Å². The lowest BCUT2D eigenvalue weighted by Crippen LogP contribution is -2.52. The third kappa shape index (κ3) is 2.20. The molecule has 0 aromatic rings. The summed E-state index contributed by atoms with van der Waals surface area (Å²) in [5.74, 6) is 0. The standard InChI is InChI=1S/C10H21NO/c1-4-10(6-5-7-10)11-8-9(2)12-3/h9,11H,4-8H2,1-3H3. The van der Waals surface area contributed by atoms with E-state index < -0.39 is 0 Å². The molecular formula is C10H21NO. The molecule has 0 spiro atoms. The van der Waals surface area contributed by atoms with Crippen LogP contribution in [0.5, 0.6) is 0 Å². The van der Waals surface area contributed by atoms with E-state index >= 15 is 0 Å². The molecule has 0 saturated heterocycles. The van der Waals surface area contributed by atoms with Crippen LogP contribution in [-0.4, -0.2) is 25.3 Å². The predicted octanol–water partition coefficient (Wildman–Crippen LogP) is 1.94. The quantitative estimate of drug-likeness (QED) is 0.682. The Labute approximate surface area is 75.7 Å². The van der Waals surface area contributed by atoms with Gasteiger partial charge in [0.2, 0.25) is 0 Å². The Morgan fingerprint density at radius 2 is 2.17 bits per heavy atom. The Morgan fingerprint density at radius 1 is 1.50 bits per heavy atom. The molecule has 1 aliphatic carbocycles. The molecule has 0 heterocycles. The van der Waals surface area contributed by atoms with Gasteiger partial charge >= 0.3 is 0 Å². The zero-order chi connectivity index (χ0) is 9.03. The van der Waals surface area contributed by atoms with Crippen LogP contribution in [0.4, 0.5) is 0 Å². The van der Waals surface area contributed by atoms with Gasteiger partial charge in [0.05, 0.1) is 6.10 Å². The number of nitrogens with one attached hydrogen (secondary N) is 1. The summed E-state index contributed by atoms with van der Waals surface area (Å²) >= 11 is 0. The fraction of sp³-hybridized carbons (Fsp3) is 1.00. The van der Waals surface area contributed by atoms with Crippen LogP contribution < -0.4 is 5.32 Å². The molecule has 1 unspecified atom stereocenters.